The molecule has 0 spiro atoms. The fraction of sp³-hybridized carbons (Fsp3) is 1.00. The standard InChI is InChI=1S/C6H17N2O2P/c1-2-3-4-5-6-7-8-11(9)10/h7-10H,2-6H2,1H3. The van der Waals surface area contributed by atoms with Crippen molar-refractivity contribution in [2.24, 2.45) is 0 Å². The molecule has 0 fully saturated rings. The Labute approximate surface area is 69.0 Å². The van der Waals surface area contributed by atoms with Gasteiger partial charge in [-0.15, -0.1) is 0 Å². The van der Waals surface area contributed by atoms with E-state index in [4.69, 9.17) is 9.79 Å². The van der Waals surface area contributed by atoms with Gasteiger partial charge in [-0.3, -0.25) is 5.43 Å². The highest BCUT2D eigenvalue weighted by atomic mass is 31.2. The molecular formula is C6H17N2O2P. The van der Waals surface area contributed by atoms with Crippen LogP contribution in [0.5, 0.6) is 0 Å². The topological polar surface area (TPSA) is 64.5 Å². The first kappa shape index (κ1) is 11.3. The molecule has 0 aliphatic rings. The van der Waals surface area contributed by atoms with E-state index in [-0.39, 0.29) is 0 Å². The summed E-state index contributed by atoms with van der Waals surface area (Å²) in [5, 5.41) is 2.35. The van der Waals surface area contributed by atoms with E-state index < -0.39 is 8.53 Å². The Hall–Kier alpha value is 0.270. The van der Waals surface area contributed by atoms with Crippen molar-refractivity contribution < 1.29 is 9.79 Å². The lowest BCUT2D eigenvalue weighted by molar-refractivity contribution is 0.444. The van der Waals surface area contributed by atoms with E-state index in [2.05, 4.69) is 17.5 Å². The highest BCUT2D eigenvalue weighted by Crippen LogP contribution is 2.12. The summed E-state index contributed by atoms with van der Waals surface area (Å²) >= 11 is 0. The van der Waals surface area contributed by atoms with Gasteiger partial charge in [-0.05, 0) is 6.42 Å². The molecule has 0 aromatic heterocycles. The largest absolute Gasteiger partial charge is 0.337 e. The Bertz CT molecular complexity index is 83.0. The molecule has 5 heteroatoms. The van der Waals surface area contributed by atoms with Crippen molar-refractivity contribution >= 4 is 8.53 Å². The van der Waals surface area contributed by atoms with Gasteiger partial charge in [0.05, 0.1) is 0 Å². The van der Waals surface area contributed by atoms with Gasteiger partial charge in [0.1, 0.15) is 0 Å². The van der Waals surface area contributed by atoms with E-state index in [0.29, 0.717) is 0 Å². The van der Waals surface area contributed by atoms with Crippen molar-refractivity contribution in [1.29, 1.82) is 0 Å². The molecule has 0 aliphatic carbocycles. The van der Waals surface area contributed by atoms with Crippen molar-refractivity contribution in [3.8, 4) is 0 Å². The van der Waals surface area contributed by atoms with E-state index in [1.54, 1.807) is 0 Å². The average molecular weight is 180 g/mol. The molecule has 0 amide bonds. The summed E-state index contributed by atoms with van der Waals surface area (Å²) < 4.78 is 0. The molecule has 0 radical (unpaired) electrons. The molecule has 0 heterocycles. The van der Waals surface area contributed by atoms with Gasteiger partial charge < -0.3 is 9.79 Å². The van der Waals surface area contributed by atoms with Crippen LogP contribution < -0.4 is 10.6 Å². The monoisotopic (exact) mass is 180 g/mol. The Morgan fingerprint density at radius 2 is 1.91 bits per heavy atom. The Kier molecular flexibility index (Phi) is 8.57. The van der Waals surface area contributed by atoms with Gasteiger partial charge in [-0.1, -0.05) is 26.2 Å². The Balaban J connectivity index is 2.80. The van der Waals surface area contributed by atoms with Gasteiger partial charge in [0.15, 0.2) is 0 Å². The maximum Gasteiger partial charge on any atom is 0.264 e. The molecule has 0 aromatic rings. The van der Waals surface area contributed by atoms with Crippen LogP contribution in [0.3, 0.4) is 0 Å². The van der Waals surface area contributed by atoms with Crippen LogP contribution in [0.2, 0.25) is 0 Å². The van der Waals surface area contributed by atoms with Gasteiger partial charge in [0.25, 0.3) is 8.53 Å². The van der Waals surface area contributed by atoms with Gasteiger partial charge >= 0.3 is 0 Å². The molecule has 0 unspecified atom stereocenters. The van der Waals surface area contributed by atoms with E-state index in [1.807, 2.05) is 0 Å². The summed E-state index contributed by atoms with van der Waals surface area (Å²) in [6, 6.07) is 0. The zero-order valence-electron chi connectivity index (χ0n) is 6.88. The van der Waals surface area contributed by atoms with E-state index in [9.17, 15) is 0 Å². The molecule has 68 valence electrons. The molecule has 0 bridgehead atoms. The molecule has 0 aromatic carbocycles. The van der Waals surface area contributed by atoms with Crippen LogP contribution >= 0.6 is 8.53 Å². The SMILES string of the molecule is CCCCCCNNP(O)O. The smallest absolute Gasteiger partial charge is 0.264 e. The van der Waals surface area contributed by atoms with Gasteiger partial charge in [-0.2, -0.15) is 5.20 Å². The second-order valence-corrected chi connectivity index (χ2v) is 3.19. The molecular weight excluding hydrogens is 163 g/mol. The predicted octanol–water partition coefficient (Wildman–Crippen LogP) is 0.872. The molecule has 0 rings (SSSR count). The minimum absolute atomic E-state index is 0.792. The number of unbranched alkanes of at least 4 members (excludes halogenated alkanes) is 3. The molecule has 0 saturated heterocycles. The minimum atomic E-state index is -1.99. The third-order valence-corrected chi connectivity index (χ3v) is 1.69. The predicted molar refractivity (Wildman–Crippen MR) is 46.6 cm³/mol. The Morgan fingerprint density at radius 3 is 2.45 bits per heavy atom. The molecule has 0 atom stereocenters. The molecule has 4 N–H and O–H groups in total. The van der Waals surface area contributed by atoms with E-state index in [1.165, 1.54) is 19.3 Å². The normalized spacial score (nSPS) is 10.9. The lowest BCUT2D eigenvalue weighted by Crippen LogP contribution is -2.27. The summed E-state index contributed by atoms with van der Waals surface area (Å²) in [5.41, 5.74) is 2.72. The van der Waals surface area contributed by atoms with Crippen molar-refractivity contribution in [3.63, 3.8) is 0 Å². The number of rotatable bonds is 7. The quantitative estimate of drug-likeness (QED) is 0.267. The van der Waals surface area contributed by atoms with Gasteiger partial charge in [0.2, 0.25) is 0 Å². The van der Waals surface area contributed by atoms with Crippen molar-refractivity contribution in [2.45, 2.75) is 32.6 Å². The van der Waals surface area contributed by atoms with Crippen LogP contribution in [0.15, 0.2) is 0 Å². The molecule has 0 saturated carbocycles. The van der Waals surface area contributed by atoms with Crippen LogP contribution in [-0.2, 0) is 0 Å². The summed E-state index contributed by atoms with van der Waals surface area (Å²) in [4.78, 5) is 16.8. The van der Waals surface area contributed by atoms with Crippen LogP contribution in [0.25, 0.3) is 0 Å². The van der Waals surface area contributed by atoms with Gasteiger partial charge in [0, 0.05) is 6.54 Å². The minimum Gasteiger partial charge on any atom is -0.337 e. The fourth-order valence-corrected chi connectivity index (χ4v) is 1.02. The first-order valence-corrected chi connectivity index (χ1v) is 5.18. The maximum atomic E-state index is 8.40. The highest BCUT2D eigenvalue weighted by Gasteiger charge is 1.93. The zero-order valence-corrected chi connectivity index (χ0v) is 7.77. The lowest BCUT2D eigenvalue weighted by Gasteiger charge is -2.05. The van der Waals surface area contributed by atoms with Crippen LogP contribution in [-0.4, -0.2) is 16.3 Å². The number of hydrogen-bond acceptors (Lipinski definition) is 4. The zero-order chi connectivity index (χ0) is 8.53. The summed E-state index contributed by atoms with van der Waals surface area (Å²) in [6.07, 6.45) is 4.73. The average Bonchev–Trinajstić information content (AvgIpc) is 1.96. The molecule has 4 nitrogen and oxygen atoms in total. The van der Waals surface area contributed by atoms with Crippen molar-refractivity contribution in [3.05, 3.63) is 0 Å². The van der Waals surface area contributed by atoms with Gasteiger partial charge in [-0.25, -0.2) is 0 Å². The Morgan fingerprint density at radius 1 is 1.18 bits per heavy atom. The summed E-state index contributed by atoms with van der Waals surface area (Å²) in [7, 11) is -1.99. The third-order valence-electron chi connectivity index (χ3n) is 1.33. The molecule has 0 aliphatic heterocycles. The van der Waals surface area contributed by atoms with Crippen LogP contribution in [0, 0.1) is 0 Å². The van der Waals surface area contributed by atoms with Crippen LogP contribution in [0.1, 0.15) is 32.6 Å². The lowest BCUT2D eigenvalue weighted by atomic mass is 10.2. The first-order valence-electron chi connectivity index (χ1n) is 3.93. The molecule has 11 heavy (non-hydrogen) atoms. The van der Waals surface area contributed by atoms with E-state index >= 15 is 0 Å². The third kappa shape index (κ3) is 10.3. The fourth-order valence-electron chi connectivity index (χ4n) is 0.767. The number of hydrazine groups is 1. The van der Waals surface area contributed by atoms with Crippen LogP contribution in [0.4, 0.5) is 0 Å². The van der Waals surface area contributed by atoms with E-state index in [0.717, 1.165) is 13.0 Å². The van der Waals surface area contributed by atoms with Crippen molar-refractivity contribution in [1.82, 2.24) is 10.6 Å². The van der Waals surface area contributed by atoms with Crippen molar-refractivity contribution in [2.75, 3.05) is 6.54 Å². The second kappa shape index (κ2) is 8.37. The number of hydrogen-bond donors (Lipinski definition) is 4. The maximum absolute atomic E-state index is 8.40. The second-order valence-electron chi connectivity index (χ2n) is 2.39. The highest BCUT2D eigenvalue weighted by molar-refractivity contribution is 7.42. The summed E-state index contributed by atoms with van der Waals surface area (Å²) in [5.74, 6) is 0. The first-order chi connectivity index (χ1) is 5.27. The summed E-state index contributed by atoms with van der Waals surface area (Å²) in [6.45, 7) is 2.95. The number of nitrogens with one attached hydrogen (secondary N) is 2.